The Hall–Kier alpha value is 0.100. The van der Waals surface area contributed by atoms with Crippen LogP contribution in [0.15, 0.2) is 15.9 Å². The fraction of sp³-hybridized carbons (Fsp3) is 0.429. The van der Waals surface area contributed by atoms with Crippen molar-refractivity contribution in [2.75, 3.05) is 6.61 Å². The fourth-order valence-corrected chi connectivity index (χ4v) is 2.67. The molecule has 0 spiro atoms. The minimum Gasteiger partial charge on any atom is -0.394 e. The zero-order valence-corrected chi connectivity index (χ0v) is 8.58. The Labute approximate surface area is 78.2 Å². The molecule has 1 heterocycles. The molecule has 0 aliphatic carbocycles. The molecule has 62 valence electrons. The predicted octanol–water partition coefficient (Wildman–Crippen LogP) is 1.68. The van der Waals surface area contributed by atoms with Gasteiger partial charge >= 0.3 is 0 Å². The van der Waals surface area contributed by atoms with E-state index in [0.29, 0.717) is 0 Å². The SMILES string of the molecule is CC(N)(CO)c1sccc1Br. The van der Waals surface area contributed by atoms with Gasteiger partial charge in [-0.25, -0.2) is 0 Å². The molecule has 0 radical (unpaired) electrons. The lowest BCUT2D eigenvalue weighted by atomic mass is 10.0. The number of aliphatic hydroxyl groups excluding tert-OH is 1. The molecule has 0 saturated carbocycles. The molecule has 1 unspecified atom stereocenters. The summed E-state index contributed by atoms with van der Waals surface area (Å²) in [6.07, 6.45) is 0. The highest BCUT2D eigenvalue weighted by molar-refractivity contribution is 9.10. The topological polar surface area (TPSA) is 46.2 Å². The van der Waals surface area contributed by atoms with E-state index in [1.54, 1.807) is 11.3 Å². The maximum absolute atomic E-state index is 8.95. The van der Waals surface area contributed by atoms with Crippen LogP contribution in [-0.2, 0) is 5.54 Å². The van der Waals surface area contributed by atoms with E-state index in [9.17, 15) is 0 Å². The third-order valence-electron chi connectivity index (χ3n) is 1.46. The molecule has 0 bridgehead atoms. The van der Waals surface area contributed by atoms with E-state index in [4.69, 9.17) is 10.8 Å². The van der Waals surface area contributed by atoms with Crippen LogP contribution in [0.1, 0.15) is 11.8 Å². The van der Waals surface area contributed by atoms with Crippen molar-refractivity contribution < 1.29 is 5.11 Å². The van der Waals surface area contributed by atoms with Crippen LogP contribution in [0.4, 0.5) is 0 Å². The molecule has 0 amide bonds. The first-order valence-corrected chi connectivity index (χ1v) is 4.88. The van der Waals surface area contributed by atoms with Gasteiger partial charge in [-0.05, 0) is 34.3 Å². The highest BCUT2D eigenvalue weighted by Gasteiger charge is 2.23. The van der Waals surface area contributed by atoms with Crippen molar-refractivity contribution in [3.63, 3.8) is 0 Å². The van der Waals surface area contributed by atoms with Crippen LogP contribution in [0, 0.1) is 0 Å². The van der Waals surface area contributed by atoms with E-state index in [1.165, 1.54) is 0 Å². The predicted molar refractivity (Wildman–Crippen MR) is 50.6 cm³/mol. The Kier molecular flexibility index (Phi) is 2.70. The molecule has 0 saturated heterocycles. The first kappa shape index (κ1) is 9.19. The highest BCUT2D eigenvalue weighted by Crippen LogP contribution is 2.30. The Balaban J connectivity index is 3.00. The van der Waals surface area contributed by atoms with Crippen molar-refractivity contribution in [1.29, 1.82) is 0 Å². The maximum atomic E-state index is 8.95. The average Bonchev–Trinajstić information content (AvgIpc) is 2.36. The van der Waals surface area contributed by atoms with Crippen molar-refractivity contribution in [2.45, 2.75) is 12.5 Å². The maximum Gasteiger partial charge on any atom is 0.0720 e. The molecule has 0 aromatic carbocycles. The second-order valence-electron chi connectivity index (χ2n) is 2.67. The van der Waals surface area contributed by atoms with Crippen molar-refractivity contribution in [2.24, 2.45) is 5.73 Å². The van der Waals surface area contributed by atoms with E-state index >= 15 is 0 Å². The molecule has 0 aliphatic rings. The molecular formula is C7H10BrNOS. The van der Waals surface area contributed by atoms with Crippen LogP contribution in [0.25, 0.3) is 0 Å². The lowest BCUT2D eigenvalue weighted by molar-refractivity contribution is 0.212. The summed E-state index contributed by atoms with van der Waals surface area (Å²) in [5, 5.41) is 10.9. The minimum atomic E-state index is -0.618. The van der Waals surface area contributed by atoms with Crippen LogP contribution >= 0.6 is 27.3 Å². The first-order chi connectivity index (χ1) is 5.08. The van der Waals surface area contributed by atoms with Gasteiger partial charge in [-0.2, -0.15) is 0 Å². The number of halogens is 1. The number of hydrogen-bond acceptors (Lipinski definition) is 3. The van der Waals surface area contributed by atoms with Crippen LogP contribution < -0.4 is 5.73 Å². The van der Waals surface area contributed by atoms with Crippen molar-refractivity contribution in [3.8, 4) is 0 Å². The lowest BCUT2D eigenvalue weighted by Gasteiger charge is -2.20. The summed E-state index contributed by atoms with van der Waals surface area (Å²) in [7, 11) is 0. The summed E-state index contributed by atoms with van der Waals surface area (Å²) in [6.45, 7) is 1.77. The second-order valence-corrected chi connectivity index (χ2v) is 4.44. The highest BCUT2D eigenvalue weighted by atomic mass is 79.9. The van der Waals surface area contributed by atoms with Crippen LogP contribution in [0.2, 0.25) is 0 Å². The van der Waals surface area contributed by atoms with Gasteiger partial charge in [0.05, 0.1) is 12.1 Å². The van der Waals surface area contributed by atoms with Gasteiger partial charge in [-0.3, -0.25) is 0 Å². The zero-order chi connectivity index (χ0) is 8.48. The molecule has 0 aliphatic heterocycles. The monoisotopic (exact) mass is 235 g/mol. The molecule has 4 heteroatoms. The Morgan fingerprint density at radius 1 is 1.82 bits per heavy atom. The van der Waals surface area contributed by atoms with E-state index in [1.807, 2.05) is 18.4 Å². The molecule has 3 N–H and O–H groups in total. The third-order valence-corrected chi connectivity index (χ3v) is 3.58. The molecule has 1 aromatic heterocycles. The van der Waals surface area contributed by atoms with Gasteiger partial charge in [0.25, 0.3) is 0 Å². The van der Waals surface area contributed by atoms with E-state index in [-0.39, 0.29) is 6.61 Å². The minimum absolute atomic E-state index is 0.0356. The fourth-order valence-electron chi connectivity index (χ4n) is 0.773. The molecule has 2 nitrogen and oxygen atoms in total. The first-order valence-electron chi connectivity index (χ1n) is 3.21. The number of hydrogen-bond donors (Lipinski definition) is 2. The third kappa shape index (κ3) is 1.82. The van der Waals surface area contributed by atoms with Gasteiger partial charge in [0, 0.05) is 9.35 Å². The Bertz CT molecular complexity index is 246. The summed E-state index contributed by atoms with van der Waals surface area (Å²) >= 11 is 4.91. The van der Waals surface area contributed by atoms with Gasteiger partial charge < -0.3 is 10.8 Å². The molecule has 1 atom stereocenters. The van der Waals surface area contributed by atoms with Crippen molar-refractivity contribution in [3.05, 3.63) is 20.8 Å². The van der Waals surface area contributed by atoms with Crippen LogP contribution in [-0.4, -0.2) is 11.7 Å². The van der Waals surface area contributed by atoms with E-state index in [0.717, 1.165) is 9.35 Å². The quantitative estimate of drug-likeness (QED) is 0.820. The summed E-state index contributed by atoms with van der Waals surface area (Å²) in [5.41, 5.74) is 5.19. The van der Waals surface area contributed by atoms with Gasteiger partial charge in [-0.15, -0.1) is 11.3 Å². The smallest absolute Gasteiger partial charge is 0.0720 e. The van der Waals surface area contributed by atoms with Crippen LogP contribution in [0.3, 0.4) is 0 Å². The average molecular weight is 236 g/mol. The standard InChI is InChI=1S/C7H10BrNOS/c1-7(9,4-10)6-5(8)2-3-11-6/h2-3,10H,4,9H2,1H3. The Morgan fingerprint density at radius 2 is 2.45 bits per heavy atom. The molecule has 11 heavy (non-hydrogen) atoms. The molecule has 0 fully saturated rings. The molecule has 1 rings (SSSR count). The van der Waals surface area contributed by atoms with E-state index in [2.05, 4.69) is 15.9 Å². The van der Waals surface area contributed by atoms with Gasteiger partial charge in [0.2, 0.25) is 0 Å². The number of aliphatic hydroxyl groups is 1. The van der Waals surface area contributed by atoms with Gasteiger partial charge in [0.1, 0.15) is 0 Å². The lowest BCUT2D eigenvalue weighted by Crippen LogP contribution is -2.36. The van der Waals surface area contributed by atoms with Crippen molar-refractivity contribution >= 4 is 27.3 Å². The molecular weight excluding hydrogens is 226 g/mol. The van der Waals surface area contributed by atoms with Crippen LogP contribution in [0.5, 0.6) is 0 Å². The normalized spacial score (nSPS) is 16.4. The summed E-state index contributed by atoms with van der Waals surface area (Å²) in [6, 6.07) is 1.93. The Morgan fingerprint density at radius 3 is 2.82 bits per heavy atom. The second kappa shape index (κ2) is 3.23. The largest absolute Gasteiger partial charge is 0.394 e. The molecule has 1 aromatic rings. The number of thiophene rings is 1. The van der Waals surface area contributed by atoms with Crippen molar-refractivity contribution in [1.82, 2.24) is 0 Å². The zero-order valence-electron chi connectivity index (χ0n) is 6.17. The summed E-state index contributed by atoms with van der Waals surface area (Å²) in [5.74, 6) is 0. The van der Waals surface area contributed by atoms with Gasteiger partial charge in [0.15, 0.2) is 0 Å². The number of nitrogens with two attached hydrogens (primary N) is 1. The van der Waals surface area contributed by atoms with E-state index < -0.39 is 5.54 Å². The van der Waals surface area contributed by atoms with Gasteiger partial charge in [-0.1, -0.05) is 0 Å². The summed E-state index contributed by atoms with van der Waals surface area (Å²) < 4.78 is 0.974. The number of rotatable bonds is 2. The summed E-state index contributed by atoms with van der Waals surface area (Å²) in [4.78, 5) is 0.986.